The van der Waals surface area contributed by atoms with E-state index in [0.717, 1.165) is 11.3 Å². The molecule has 1 amide bonds. The molecule has 0 bridgehead atoms. The van der Waals surface area contributed by atoms with E-state index in [4.69, 9.17) is 11.6 Å². The van der Waals surface area contributed by atoms with E-state index in [1.54, 1.807) is 6.20 Å². The molecule has 25 heavy (non-hydrogen) atoms. The van der Waals surface area contributed by atoms with Crippen LogP contribution in [0.5, 0.6) is 0 Å². The first-order valence-corrected chi connectivity index (χ1v) is 8.32. The highest BCUT2D eigenvalue weighted by Gasteiger charge is 2.19. The number of hydrogen-bond donors (Lipinski definition) is 2. The lowest BCUT2D eigenvalue weighted by Gasteiger charge is -2.15. The van der Waals surface area contributed by atoms with Crippen molar-refractivity contribution >= 4 is 17.5 Å². The zero-order chi connectivity index (χ0) is 17.8. The van der Waals surface area contributed by atoms with Gasteiger partial charge in [-0.1, -0.05) is 48.9 Å². The molecule has 0 fully saturated rings. The highest BCUT2D eigenvalue weighted by atomic mass is 35.5. The summed E-state index contributed by atoms with van der Waals surface area (Å²) < 4.78 is 13.9. The number of rotatable bonds is 5. The van der Waals surface area contributed by atoms with Crippen LogP contribution in [0.3, 0.4) is 0 Å². The van der Waals surface area contributed by atoms with Crippen molar-refractivity contribution in [2.75, 3.05) is 0 Å². The Kier molecular flexibility index (Phi) is 5.14. The van der Waals surface area contributed by atoms with Crippen molar-refractivity contribution in [2.24, 2.45) is 0 Å². The minimum atomic E-state index is -0.610. The Morgan fingerprint density at radius 2 is 2.04 bits per heavy atom. The van der Waals surface area contributed by atoms with E-state index in [-0.39, 0.29) is 11.6 Å². The van der Waals surface area contributed by atoms with Crippen LogP contribution < -0.4 is 5.32 Å². The van der Waals surface area contributed by atoms with Gasteiger partial charge in [0.25, 0.3) is 5.91 Å². The van der Waals surface area contributed by atoms with E-state index < -0.39 is 11.7 Å². The minimum absolute atomic E-state index is 0.0826. The molecule has 1 unspecified atom stereocenters. The van der Waals surface area contributed by atoms with Crippen molar-refractivity contribution in [1.82, 2.24) is 15.3 Å². The van der Waals surface area contributed by atoms with Crippen LogP contribution in [0.4, 0.5) is 4.39 Å². The van der Waals surface area contributed by atoms with Crippen molar-refractivity contribution in [2.45, 2.75) is 19.4 Å². The molecule has 2 aromatic carbocycles. The maximum absolute atomic E-state index is 13.9. The Bertz CT molecular complexity index is 879. The first-order valence-electron chi connectivity index (χ1n) is 7.94. The van der Waals surface area contributed by atoms with Gasteiger partial charge in [0, 0.05) is 5.02 Å². The van der Waals surface area contributed by atoms with Crippen LogP contribution in [-0.4, -0.2) is 15.9 Å². The van der Waals surface area contributed by atoms with Gasteiger partial charge in [0.1, 0.15) is 11.6 Å². The molecule has 4 nitrogen and oxygen atoms in total. The number of aromatic nitrogens is 2. The molecule has 0 radical (unpaired) electrons. The summed E-state index contributed by atoms with van der Waals surface area (Å²) in [5.74, 6) is -0.511. The third-order valence-electron chi connectivity index (χ3n) is 3.90. The molecule has 0 aliphatic carbocycles. The second-order valence-corrected chi connectivity index (χ2v) is 6.04. The van der Waals surface area contributed by atoms with Crippen LogP contribution in [0.15, 0.2) is 54.7 Å². The molecule has 6 heteroatoms. The third kappa shape index (κ3) is 3.88. The van der Waals surface area contributed by atoms with Crippen LogP contribution in [0.1, 0.15) is 35.6 Å². The number of aromatic amines is 1. The lowest BCUT2D eigenvalue weighted by Crippen LogP contribution is -2.29. The topological polar surface area (TPSA) is 57.8 Å². The normalized spacial score (nSPS) is 12.0. The Hall–Kier alpha value is -2.66. The summed E-state index contributed by atoms with van der Waals surface area (Å²) in [5.41, 5.74) is 1.78. The summed E-state index contributed by atoms with van der Waals surface area (Å²) in [5, 5.41) is 3.11. The molecule has 0 saturated heterocycles. The largest absolute Gasteiger partial charge is 0.342 e. The monoisotopic (exact) mass is 357 g/mol. The Morgan fingerprint density at radius 1 is 1.28 bits per heavy atom. The van der Waals surface area contributed by atoms with Gasteiger partial charge in [0.2, 0.25) is 0 Å². The Labute approximate surface area is 150 Å². The van der Waals surface area contributed by atoms with Gasteiger partial charge >= 0.3 is 0 Å². The molecule has 0 aliphatic rings. The second-order valence-electron chi connectivity index (χ2n) is 5.61. The Morgan fingerprint density at radius 3 is 2.76 bits per heavy atom. The molecule has 3 rings (SSSR count). The number of amides is 1. The zero-order valence-corrected chi connectivity index (χ0v) is 14.3. The average molecular weight is 358 g/mol. The standard InChI is InChI=1S/C19H17ClFN3O/c1-2-16(24-19(25)14-10-13(20)8-9-15(14)21)18-22-11-17(23-18)12-6-4-3-5-7-12/h3-11,16H,2H2,1H3,(H,22,23)(H,24,25). The van der Waals surface area contributed by atoms with Crippen molar-refractivity contribution in [3.63, 3.8) is 0 Å². The van der Waals surface area contributed by atoms with Crippen LogP contribution in [0, 0.1) is 5.82 Å². The quantitative estimate of drug-likeness (QED) is 0.692. The number of nitrogens with zero attached hydrogens (tertiary/aromatic N) is 1. The van der Waals surface area contributed by atoms with Gasteiger partial charge in [0.15, 0.2) is 0 Å². The summed E-state index contributed by atoms with van der Waals surface area (Å²) in [6, 6.07) is 13.3. The maximum atomic E-state index is 13.9. The smallest absolute Gasteiger partial charge is 0.254 e. The predicted molar refractivity (Wildman–Crippen MR) is 95.9 cm³/mol. The summed E-state index contributed by atoms with van der Waals surface area (Å²) >= 11 is 5.85. The molecule has 1 heterocycles. The number of imidazole rings is 1. The van der Waals surface area contributed by atoms with Gasteiger partial charge in [-0.15, -0.1) is 0 Å². The predicted octanol–water partition coefficient (Wildman–Crippen LogP) is 4.75. The molecular formula is C19H17ClFN3O. The average Bonchev–Trinajstić information content (AvgIpc) is 3.12. The van der Waals surface area contributed by atoms with E-state index in [0.29, 0.717) is 17.3 Å². The van der Waals surface area contributed by atoms with Crippen molar-refractivity contribution < 1.29 is 9.18 Å². The summed E-state index contributed by atoms with van der Waals surface area (Å²) in [4.78, 5) is 20.0. The van der Waals surface area contributed by atoms with Gasteiger partial charge in [-0.3, -0.25) is 4.79 Å². The van der Waals surface area contributed by atoms with E-state index in [2.05, 4.69) is 15.3 Å². The molecule has 1 atom stereocenters. The van der Waals surface area contributed by atoms with Gasteiger partial charge in [-0.2, -0.15) is 0 Å². The molecule has 1 aromatic heterocycles. The fourth-order valence-corrected chi connectivity index (χ4v) is 2.72. The van der Waals surface area contributed by atoms with Crippen molar-refractivity contribution in [3.05, 3.63) is 77.0 Å². The second kappa shape index (κ2) is 7.49. The SMILES string of the molecule is CCC(NC(=O)c1cc(Cl)ccc1F)c1ncc(-c2ccccc2)[nH]1. The number of carbonyl (C=O) groups is 1. The maximum Gasteiger partial charge on any atom is 0.254 e. The number of nitrogens with one attached hydrogen (secondary N) is 2. The van der Waals surface area contributed by atoms with Gasteiger partial charge in [0.05, 0.1) is 23.5 Å². The summed E-state index contributed by atoms with van der Waals surface area (Å²) in [6.07, 6.45) is 2.33. The first kappa shape index (κ1) is 17.2. The lowest BCUT2D eigenvalue weighted by molar-refractivity contribution is 0.0930. The van der Waals surface area contributed by atoms with Crippen LogP contribution in [0.25, 0.3) is 11.3 Å². The molecule has 0 aliphatic heterocycles. The third-order valence-corrected chi connectivity index (χ3v) is 4.13. The summed E-state index contributed by atoms with van der Waals surface area (Å²) in [7, 11) is 0. The lowest BCUT2D eigenvalue weighted by atomic mass is 10.1. The van der Waals surface area contributed by atoms with Crippen molar-refractivity contribution in [3.8, 4) is 11.3 Å². The van der Waals surface area contributed by atoms with E-state index in [9.17, 15) is 9.18 Å². The number of halogens is 2. The van der Waals surface area contributed by atoms with Gasteiger partial charge in [-0.05, 0) is 30.2 Å². The summed E-state index contributed by atoms with van der Waals surface area (Å²) in [6.45, 7) is 1.92. The molecule has 2 N–H and O–H groups in total. The highest BCUT2D eigenvalue weighted by molar-refractivity contribution is 6.31. The zero-order valence-electron chi connectivity index (χ0n) is 13.6. The number of H-pyrrole nitrogens is 1. The molecule has 3 aromatic rings. The van der Waals surface area contributed by atoms with Crippen LogP contribution in [0.2, 0.25) is 5.02 Å². The number of benzene rings is 2. The van der Waals surface area contributed by atoms with Crippen LogP contribution in [-0.2, 0) is 0 Å². The van der Waals surface area contributed by atoms with E-state index in [1.165, 1.54) is 18.2 Å². The fraction of sp³-hybridized carbons (Fsp3) is 0.158. The minimum Gasteiger partial charge on any atom is -0.342 e. The first-order chi connectivity index (χ1) is 12.1. The van der Waals surface area contributed by atoms with E-state index >= 15 is 0 Å². The molecule has 128 valence electrons. The fourth-order valence-electron chi connectivity index (χ4n) is 2.55. The van der Waals surface area contributed by atoms with Gasteiger partial charge in [-0.25, -0.2) is 9.37 Å². The molecular weight excluding hydrogens is 341 g/mol. The Balaban J connectivity index is 1.80. The molecule has 0 spiro atoms. The van der Waals surface area contributed by atoms with Crippen molar-refractivity contribution in [1.29, 1.82) is 0 Å². The van der Waals surface area contributed by atoms with Gasteiger partial charge < -0.3 is 10.3 Å². The van der Waals surface area contributed by atoms with E-state index in [1.807, 2.05) is 37.3 Å². The number of hydrogen-bond acceptors (Lipinski definition) is 2. The highest BCUT2D eigenvalue weighted by Crippen LogP contribution is 2.21. The van der Waals surface area contributed by atoms with Crippen LogP contribution >= 0.6 is 11.6 Å². The molecule has 0 saturated carbocycles. The number of carbonyl (C=O) groups excluding carboxylic acids is 1.